The minimum absolute atomic E-state index is 0.178. The van der Waals surface area contributed by atoms with Crippen LogP contribution in [-0.4, -0.2) is 13.1 Å². The highest BCUT2D eigenvalue weighted by Gasteiger charge is 2.40. The lowest BCUT2D eigenvalue weighted by atomic mass is 9.70. The van der Waals surface area contributed by atoms with Gasteiger partial charge in [0.05, 0.1) is 0 Å². The zero-order valence-corrected chi connectivity index (χ0v) is 11.4. The minimum atomic E-state index is -0.260. The van der Waals surface area contributed by atoms with E-state index < -0.39 is 0 Å². The maximum Gasteiger partial charge on any atom is 0.127 e. The van der Waals surface area contributed by atoms with Crippen LogP contribution in [0.1, 0.15) is 16.7 Å². The van der Waals surface area contributed by atoms with E-state index in [0.29, 0.717) is 6.42 Å². The normalized spacial score (nSPS) is 16.8. The van der Waals surface area contributed by atoms with Gasteiger partial charge < -0.3 is 5.32 Å². The van der Waals surface area contributed by atoms with Crippen molar-refractivity contribution >= 4 is 0 Å². The summed E-state index contributed by atoms with van der Waals surface area (Å²) in [7, 11) is 0. The van der Waals surface area contributed by atoms with Crippen molar-refractivity contribution < 1.29 is 8.78 Å². The largest absolute Gasteiger partial charge is 0.315 e. The number of halogens is 2. The predicted molar refractivity (Wildman–Crippen MR) is 75.8 cm³/mol. The first-order valence-electron chi connectivity index (χ1n) is 6.81. The summed E-state index contributed by atoms with van der Waals surface area (Å²) in [5.41, 5.74) is 2.47. The molecule has 3 heteroatoms. The van der Waals surface area contributed by atoms with E-state index in [9.17, 15) is 8.78 Å². The molecule has 1 aliphatic rings. The molecule has 104 valence electrons. The third-order valence-corrected chi connectivity index (χ3v) is 4.21. The average Bonchev–Trinajstić information content (AvgIpc) is 2.39. The van der Waals surface area contributed by atoms with Gasteiger partial charge in [0.15, 0.2) is 0 Å². The topological polar surface area (TPSA) is 12.0 Å². The van der Waals surface area contributed by atoms with Gasteiger partial charge in [-0.2, -0.15) is 0 Å². The Bertz CT molecular complexity index is 633. The molecule has 2 aromatic carbocycles. The third-order valence-electron chi connectivity index (χ3n) is 4.21. The van der Waals surface area contributed by atoms with Crippen LogP contribution >= 0.6 is 0 Å². The number of hydrogen-bond acceptors (Lipinski definition) is 1. The van der Waals surface area contributed by atoms with Crippen LogP contribution in [0.5, 0.6) is 0 Å². The summed E-state index contributed by atoms with van der Waals surface area (Å²) in [5.74, 6) is -0.412. The quantitative estimate of drug-likeness (QED) is 0.904. The van der Waals surface area contributed by atoms with E-state index >= 15 is 0 Å². The maximum absolute atomic E-state index is 14.1. The maximum atomic E-state index is 14.1. The molecule has 1 nitrogen and oxygen atoms in total. The van der Waals surface area contributed by atoms with E-state index in [1.54, 1.807) is 18.2 Å². The highest BCUT2D eigenvalue weighted by molar-refractivity contribution is 5.37. The van der Waals surface area contributed by atoms with Crippen molar-refractivity contribution in [2.24, 2.45) is 0 Å². The molecule has 0 aliphatic carbocycles. The lowest BCUT2D eigenvalue weighted by Crippen LogP contribution is -2.58. The summed E-state index contributed by atoms with van der Waals surface area (Å²) < 4.78 is 27.5. The predicted octanol–water partition coefficient (Wildman–Crippen LogP) is 3.36. The summed E-state index contributed by atoms with van der Waals surface area (Å²) in [6, 6.07) is 11.7. The molecule has 2 aromatic rings. The van der Waals surface area contributed by atoms with Crippen molar-refractivity contribution in [1.29, 1.82) is 0 Å². The molecule has 1 aliphatic heterocycles. The summed E-state index contributed by atoms with van der Waals surface area (Å²) >= 11 is 0. The fraction of sp³-hybridized carbons (Fsp3) is 0.294. The molecule has 1 heterocycles. The zero-order chi connectivity index (χ0) is 14.2. The Hall–Kier alpha value is -1.74. The van der Waals surface area contributed by atoms with E-state index in [2.05, 4.69) is 5.32 Å². The lowest BCUT2D eigenvalue weighted by Gasteiger charge is -2.44. The second kappa shape index (κ2) is 4.98. The molecule has 0 aromatic heterocycles. The Balaban J connectivity index is 1.98. The first-order chi connectivity index (χ1) is 9.61. The van der Waals surface area contributed by atoms with Gasteiger partial charge in [-0.05, 0) is 48.2 Å². The van der Waals surface area contributed by atoms with Gasteiger partial charge in [-0.3, -0.25) is 0 Å². The first kappa shape index (κ1) is 13.3. The number of aryl methyl sites for hydroxylation is 1. The number of rotatable bonds is 3. The van der Waals surface area contributed by atoms with E-state index in [0.717, 1.165) is 29.8 Å². The lowest BCUT2D eigenvalue weighted by molar-refractivity contribution is 0.265. The van der Waals surface area contributed by atoms with Crippen LogP contribution in [0.2, 0.25) is 0 Å². The Kier molecular flexibility index (Phi) is 3.30. The molecule has 1 fully saturated rings. The molecule has 0 spiro atoms. The SMILES string of the molecule is Cc1ccc(F)cc1CC1(c2ccccc2F)CNC1. The van der Waals surface area contributed by atoms with Crippen LogP contribution in [0.4, 0.5) is 8.78 Å². The second-order valence-electron chi connectivity index (χ2n) is 5.61. The van der Waals surface area contributed by atoms with Gasteiger partial charge in [-0.25, -0.2) is 8.78 Å². The summed E-state index contributed by atoms with van der Waals surface area (Å²) in [6.07, 6.45) is 0.657. The van der Waals surface area contributed by atoms with Gasteiger partial charge in [-0.15, -0.1) is 0 Å². The minimum Gasteiger partial charge on any atom is -0.315 e. The average molecular weight is 273 g/mol. The van der Waals surface area contributed by atoms with Gasteiger partial charge in [0.1, 0.15) is 11.6 Å². The smallest absolute Gasteiger partial charge is 0.127 e. The van der Waals surface area contributed by atoms with Crippen LogP contribution in [-0.2, 0) is 11.8 Å². The number of benzene rings is 2. The third kappa shape index (κ3) is 2.22. The first-order valence-corrected chi connectivity index (χ1v) is 6.81. The monoisotopic (exact) mass is 273 g/mol. The van der Waals surface area contributed by atoms with Gasteiger partial charge in [0, 0.05) is 18.5 Å². The van der Waals surface area contributed by atoms with E-state index in [-0.39, 0.29) is 17.0 Å². The highest BCUT2D eigenvalue weighted by Crippen LogP contribution is 2.35. The zero-order valence-electron chi connectivity index (χ0n) is 11.4. The van der Waals surface area contributed by atoms with Crippen LogP contribution < -0.4 is 5.32 Å². The van der Waals surface area contributed by atoms with E-state index in [4.69, 9.17) is 0 Å². The van der Waals surface area contributed by atoms with Crippen molar-refractivity contribution in [2.45, 2.75) is 18.8 Å². The Morgan fingerprint density at radius 1 is 1.10 bits per heavy atom. The molecular weight excluding hydrogens is 256 g/mol. The Morgan fingerprint density at radius 2 is 1.85 bits per heavy atom. The fourth-order valence-corrected chi connectivity index (χ4v) is 2.92. The van der Waals surface area contributed by atoms with Gasteiger partial charge in [-0.1, -0.05) is 24.3 Å². The molecule has 3 rings (SSSR count). The molecule has 1 N–H and O–H groups in total. The molecule has 0 radical (unpaired) electrons. The Morgan fingerprint density at radius 3 is 2.50 bits per heavy atom. The fourth-order valence-electron chi connectivity index (χ4n) is 2.92. The van der Waals surface area contributed by atoms with Gasteiger partial charge >= 0.3 is 0 Å². The molecule has 1 saturated heterocycles. The van der Waals surface area contributed by atoms with Crippen LogP contribution in [0, 0.1) is 18.6 Å². The molecule has 0 unspecified atom stereocenters. The molecule has 0 atom stereocenters. The number of hydrogen-bond donors (Lipinski definition) is 1. The molecule has 0 amide bonds. The van der Waals surface area contributed by atoms with E-state index in [1.807, 2.05) is 19.1 Å². The molecular formula is C17H17F2N. The van der Waals surface area contributed by atoms with Crippen molar-refractivity contribution in [2.75, 3.05) is 13.1 Å². The summed E-state index contributed by atoms with van der Waals surface area (Å²) in [5, 5.41) is 3.22. The second-order valence-corrected chi connectivity index (χ2v) is 5.61. The molecule has 0 saturated carbocycles. The number of nitrogens with one attached hydrogen (secondary N) is 1. The van der Waals surface area contributed by atoms with Crippen molar-refractivity contribution in [3.8, 4) is 0 Å². The van der Waals surface area contributed by atoms with Crippen LogP contribution in [0.25, 0.3) is 0 Å². The van der Waals surface area contributed by atoms with Gasteiger partial charge in [0.25, 0.3) is 0 Å². The van der Waals surface area contributed by atoms with Crippen molar-refractivity contribution in [3.63, 3.8) is 0 Å². The molecule has 0 bridgehead atoms. The highest BCUT2D eigenvalue weighted by atomic mass is 19.1. The summed E-state index contributed by atoms with van der Waals surface area (Å²) in [4.78, 5) is 0. The van der Waals surface area contributed by atoms with Crippen LogP contribution in [0.3, 0.4) is 0 Å². The summed E-state index contributed by atoms with van der Waals surface area (Å²) in [6.45, 7) is 3.42. The van der Waals surface area contributed by atoms with E-state index in [1.165, 1.54) is 12.1 Å². The molecule has 20 heavy (non-hydrogen) atoms. The Labute approximate surface area is 117 Å². The van der Waals surface area contributed by atoms with Crippen molar-refractivity contribution in [1.82, 2.24) is 5.32 Å². The van der Waals surface area contributed by atoms with Crippen molar-refractivity contribution in [3.05, 3.63) is 70.8 Å². The standard InChI is InChI=1S/C17H17F2N/c1-12-6-7-14(18)8-13(12)9-17(10-20-11-17)15-4-2-3-5-16(15)19/h2-8,20H,9-11H2,1H3. The van der Waals surface area contributed by atoms with Gasteiger partial charge in [0.2, 0.25) is 0 Å². The van der Waals surface area contributed by atoms with Crippen LogP contribution in [0.15, 0.2) is 42.5 Å².